The van der Waals surface area contributed by atoms with Crippen LogP contribution >= 0.6 is 0 Å². The number of hydrogen-bond acceptors (Lipinski definition) is 2. The van der Waals surface area contributed by atoms with Crippen LogP contribution in [0.1, 0.15) is 37.6 Å². The zero-order valence-corrected chi connectivity index (χ0v) is 19.3. The number of Topliss-reactive ketones (excluding diaryl/α,β-unsaturated/α-hetero) is 1. The Morgan fingerprint density at radius 2 is 1.30 bits per heavy atom. The highest BCUT2D eigenvalue weighted by Gasteiger charge is 2.48. The smallest absolute Gasteiger partial charge is 0.254 e. The second kappa shape index (κ2) is 9.37. The van der Waals surface area contributed by atoms with Gasteiger partial charge in [0.15, 0.2) is 5.78 Å². The summed E-state index contributed by atoms with van der Waals surface area (Å²) < 4.78 is 7.14. The van der Waals surface area contributed by atoms with Crippen LogP contribution in [0.3, 0.4) is 0 Å². The monoisotopic (exact) mass is 414 g/mol. The van der Waals surface area contributed by atoms with Gasteiger partial charge in [-0.3, -0.25) is 4.79 Å². The van der Waals surface area contributed by atoms with Gasteiger partial charge in [0.2, 0.25) is 0 Å². The van der Waals surface area contributed by atoms with Crippen LogP contribution in [0, 0.1) is 0 Å². The van der Waals surface area contributed by atoms with Gasteiger partial charge in [-0.2, -0.15) is 0 Å². The van der Waals surface area contributed by atoms with Gasteiger partial charge in [-0.05, 0) is 42.8 Å². The number of allylic oxidation sites excluding steroid dienone is 1. The summed E-state index contributed by atoms with van der Waals surface area (Å²) in [5.41, 5.74) is 0.616. The lowest BCUT2D eigenvalue weighted by Crippen LogP contribution is -2.64. The Labute approximate surface area is 181 Å². The van der Waals surface area contributed by atoms with E-state index in [1.165, 1.54) is 0 Å². The molecule has 1 atom stereocenters. The maximum absolute atomic E-state index is 13.9. The molecule has 0 aliphatic rings. The maximum Gasteiger partial charge on any atom is 0.254 e. The van der Waals surface area contributed by atoms with Crippen LogP contribution in [0.2, 0.25) is 6.55 Å². The summed E-state index contributed by atoms with van der Waals surface area (Å²) in [5, 5.41) is 2.30. The molecule has 0 heterocycles. The van der Waals surface area contributed by atoms with E-state index < -0.39 is 13.9 Å². The molecule has 0 aliphatic carbocycles. The first-order valence-electron chi connectivity index (χ1n) is 10.5. The van der Waals surface area contributed by atoms with Gasteiger partial charge in [0.1, 0.15) is 5.60 Å². The van der Waals surface area contributed by atoms with Crippen LogP contribution in [-0.4, -0.2) is 19.7 Å². The Kier molecular flexibility index (Phi) is 6.86. The second-order valence-electron chi connectivity index (χ2n) is 7.71. The first kappa shape index (κ1) is 21.9. The lowest BCUT2D eigenvalue weighted by molar-refractivity contribution is 0.0553. The van der Waals surface area contributed by atoms with Crippen molar-refractivity contribution in [2.45, 2.75) is 39.3 Å². The zero-order chi connectivity index (χ0) is 21.6. The number of hydrogen-bond donors (Lipinski definition) is 0. The molecule has 3 heteroatoms. The highest BCUT2D eigenvalue weighted by Crippen LogP contribution is 2.33. The predicted molar refractivity (Wildman–Crippen MR) is 128 cm³/mol. The first-order valence-corrected chi connectivity index (χ1v) is 12.9. The standard InChI is InChI=1S/C27H30O2Si/c1-5-22(3)27(6-2,26(28)23-16-10-7-11-17-23)29-30(4,24-18-12-8-13-19-24)25-20-14-9-15-21-25/h5,7-21H,6H2,1-4H3/b22-5+/t27-/m0/s1. The summed E-state index contributed by atoms with van der Waals surface area (Å²) in [6.07, 6.45) is 2.58. The average molecular weight is 415 g/mol. The number of carbonyl (C=O) groups is 1. The Bertz CT molecular complexity index is 957. The van der Waals surface area contributed by atoms with Gasteiger partial charge in [0, 0.05) is 5.56 Å². The molecule has 2 nitrogen and oxygen atoms in total. The van der Waals surface area contributed by atoms with Crippen molar-refractivity contribution in [3.8, 4) is 0 Å². The molecule has 0 unspecified atom stereocenters. The van der Waals surface area contributed by atoms with E-state index in [-0.39, 0.29) is 5.78 Å². The fourth-order valence-electron chi connectivity index (χ4n) is 4.02. The minimum Gasteiger partial charge on any atom is -0.392 e. The van der Waals surface area contributed by atoms with Crippen LogP contribution in [0.25, 0.3) is 0 Å². The molecule has 3 rings (SSSR count). The summed E-state index contributed by atoms with van der Waals surface area (Å²) in [5.74, 6) is 0.0202. The Morgan fingerprint density at radius 3 is 1.70 bits per heavy atom. The molecular formula is C27H30O2Si. The molecule has 0 fully saturated rings. The summed E-state index contributed by atoms with van der Waals surface area (Å²) in [6, 6.07) is 30.2. The van der Waals surface area contributed by atoms with Gasteiger partial charge in [-0.15, -0.1) is 0 Å². The van der Waals surface area contributed by atoms with Crippen molar-refractivity contribution in [3.05, 3.63) is 108 Å². The molecule has 0 saturated heterocycles. The van der Waals surface area contributed by atoms with Crippen LogP contribution in [0.15, 0.2) is 103 Å². The minimum atomic E-state index is -2.69. The van der Waals surface area contributed by atoms with Crippen LogP contribution < -0.4 is 10.4 Å². The van der Waals surface area contributed by atoms with Crippen molar-refractivity contribution in [3.63, 3.8) is 0 Å². The Hall–Kier alpha value is -2.75. The average Bonchev–Trinajstić information content (AvgIpc) is 2.83. The number of carbonyl (C=O) groups excluding carboxylic acids is 1. The van der Waals surface area contributed by atoms with E-state index in [4.69, 9.17) is 4.43 Å². The maximum atomic E-state index is 13.9. The van der Waals surface area contributed by atoms with Gasteiger partial charge in [-0.1, -0.05) is 104 Å². The first-order chi connectivity index (χ1) is 14.5. The molecule has 30 heavy (non-hydrogen) atoms. The van der Waals surface area contributed by atoms with Crippen molar-refractivity contribution < 1.29 is 9.22 Å². The summed E-state index contributed by atoms with van der Waals surface area (Å²) in [7, 11) is -2.69. The predicted octanol–water partition coefficient (Wildman–Crippen LogP) is 5.39. The number of ketones is 1. The molecule has 0 aliphatic heterocycles. The molecule has 0 aromatic heterocycles. The van der Waals surface area contributed by atoms with E-state index in [1.807, 2.05) is 93.6 Å². The van der Waals surface area contributed by atoms with E-state index in [1.54, 1.807) is 0 Å². The topological polar surface area (TPSA) is 26.3 Å². The molecular weight excluding hydrogens is 384 g/mol. The van der Waals surface area contributed by atoms with Crippen LogP contribution in [0.5, 0.6) is 0 Å². The van der Waals surface area contributed by atoms with Crippen molar-refractivity contribution in [2.75, 3.05) is 0 Å². The Morgan fingerprint density at radius 1 is 0.867 bits per heavy atom. The fraction of sp³-hybridized carbons (Fsp3) is 0.222. The van der Waals surface area contributed by atoms with Crippen molar-refractivity contribution in [1.29, 1.82) is 0 Å². The van der Waals surface area contributed by atoms with Gasteiger partial charge >= 0.3 is 0 Å². The summed E-state index contributed by atoms with van der Waals surface area (Å²) in [4.78, 5) is 13.9. The van der Waals surface area contributed by atoms with Gasteiger partial charge in [0.25, 0.3) is 8.32 Å². The number of rotatable bonds is 8. The summed E-state index contributed by atoms with van der Waals surface area (Å²) >= 11 is 0. The fourth-order valence-corrected chi connectivity index (χ4v) is 7.34. The molecule has 154 valence electrons. The summed E-state index contributed by atoms with van der Waals surface area (Å²) in [6.45, 7) is 8.22. The zero-order valence-electron chi connectivity index (χ0n) is 18.3. The van der Waals surface area contributed by atoms with E-state index in [0.29, 0.717) is 12.0 Å². The quantitative estimate of drug-likeness (QED) is 0.281. The van der Waals surface area contributed by atoms with Crippen molar-refractivity contribution in [1.82, 2.24) is 0 Å². The molecule has 0 spiro atoms. The lowest BCUT2D eigenvalue weighted by atomic mass is 9.84. The lowest BCUT2D eigenvalue weighted by Gasteiger charge is -2.41. The second-order valence-corrected chi connectivity index (χ2v) is 11.1. The van der Waals surface area contributed by atoms with Crippen molar-refractivity contribution in [2.24, 2.45) is 0 Å². The van der Waals surface area contributed by atoms with Gasteiger partial charge in [0.05, 0.1) is 0 Å². The third-order valence-electron chi connectivity index (χ3n) is 6.00. The molecule has 0 amide bonds. The third kappa shape index (κ3) is 4.09. The largest absolute Gasteiger partial charge is 0.392 e. The molecule has 3 aromatic carbocycles. The van der Waals surface area contributed by atoms with Crippen LogP contribution in [-0.2, 0) is 4.43 Å². The SMILES string of the molecule is C/C=C(\C)[C@](CC)(O[Si](C)(c1ccccc1)c1ccccc1)C(=O)c1ccccc1. The van der Waals surface area contributed by atoms with Crippen LogP contribution in [0.4, 0.5) is 0 Å². The third-order valence-corrected chi connectivity index (χ3v) is 9.63. The normalized spacial score (nSPS) is 14.2. The molecule has 0 N–H and O–H groups in total. The minimum absolute atomic E-state index is 0.0202. The molecule has 0 radical (unpaired) electrons. The highest BCUT2D eigenvalue weighted by atomic mass is 28.4. The van der Waals surface area contributed by atoms with Gasteiger partial charge in [-0.25, -0.2) is 0 Å². The number of benzene rings is 3. The van der Waals surface area contributed by atoms with Crippen molar-refractivity contribution >= 4 is 24.5 Å². The van der Waals surface area contributed by atoms with Gasteiger partial charge < -0.3 is 4.43 Å². The van der Waals surface area contributed by atoms with E-state index in [9.17, 15) is 4.79 Å². The molecule has 3 aromatic rings. The van der Waals surface area contributed by atoms with E-state index >= 15 is 0 Å². The van der Waals surface area contributed by atoms with E-state index in [2.05, 4.69) is 30.8 Å². The highest BCUT2D eigenvalue weighted by molar-refractivity contribution is 6.96. The van der Waals surface area contributed by atoms with E-state index in [0.717, 1.165) is 15.9 Å². The molecule has 0 bridgehead atoms. The molecule has 0 saturated carbocycles. The Balaban J connectivity index is 2.21.